The number of H-pyrrole nitrogens is 1. The molecule has 6 heteroatoms. The molecule has 0 amide bonds. The van der Waals surface area contributed by atoms with E-state index in [4.69, 9.17) is 11.6 Å². The van der Waals surface area contributed by atoms with Crippen molar-refractivity contribution in [2.45, 2.75) is 0 Å². The topological polar surface area (TPSA) is 66.0 Å². The maximum Gasteiger partial charge on any atom is 0.196 e. The SMILES string of the molecule is O=C(c1ccc(O)cc1Cl)c1c[nH]c2ncc(-c3cccs3)cc12. The number of nitrogens with one attached hydrogen (secondary N) is 1. The number of hydrogen-bond donors (Lipinski definition) is 2. The first-order valence-corrected chi connectivity index (χ1v) is 8.43. The van der Waals surface area contributed by atoms with Crippen LogP contribution in [0.15, 0.2) is 54.2 Å². The lowest BCUT2D eigenvalue weighted by atomic mass is 10.0. The molecule has 0 aliphatic rings. The zero-order valence-corrected chi connectivity index (χ0v) is 13.9. The highest BCUT2D eigenvalue weighted by Crippen LogP contribution is 2.30. The number of carbonyl (C=O) groups excluding carboxylic acids is 1. The van der Waals surface area contributed by atoms with E-state index in [9.17, 15) is 9.90 Å². The summed E-state index contributed by atoms with van der Waals surface area (Å²) in [6, 6.07) is 10.3. The van der Waals surface area contributed by atoms with Gasteiger partial charge in [-0.3, -0.25) is 4.79 Å². The fourth-order valence-corrected chi connectivity index (χ4v) is 3.57. The first kappa shape index (κ1) is 14.9. The van der Waals surface area contributed by atoms with Gasteiger partial charge < -0.3 is 10.1 Å². The molecular formula is C18H11ClN2O2S. The van der Waals surface area contributed by atoms with Gasteiger partial charge in [0.05, 0.1) is 5.02 Å². The number of fused-ring (bicyclic) bond motifs is 1. The summed E-state index contributed by atoms with van der Waals surface area (Å²) in [5.41, 5.74) is 2.46. The van der Waals surface area contributed by atoms with Crippen LogP contribution in [0.1, 0.15) is 15.9 Å². The average Bonchev–Trinajstić information content (AvgIpc) is 3.23. The average molecular weight is 355 g/mol. The molecule has 0 bridgehead atoms. The van der Waals surface area contributed by atoms with Crippen LogP contribution in [-0.2, 0) is 0 Å². The molecule has 3 aromatic heterocycles. The Morgan fingerprint density at radius 3 is 2.83 bits per heavy atom. The molecule has 0 saturated carbocycles. The van der Waals surface area contributed by atoms with E-state index in [1.54, 1.807) is 23.7 Å². The minimum Gasteiger partial charge on any atom is -0.508 e. The highest BCUT2D eigenvalue weighted by atomic mass is 35.5. The summed E-state index contributed by atoms with van der Waals surface area (Å²) in [5, 5.41) is 12.4. The Bertz CT molecular complexity index is 1050. The lowest BCUT2D eigenvalue weighted by molar-refractivity contribution is 0.104. The van der Waals surface area contributed by atoms with Gasteiger partial charge in [-0.05, 0) is 35.7 Å². The molecule has 0 spiro atoms. The molecule has 4 rings (SSSR count). The monoisotopic (exact) mass is 354 g/mol. The predicted molar refractivity (Wildman–Crippen MR) is 96.0 cm³/mol. The molecule has 118 valence electrons. The van der Waals surface area contributed by atoms with Crippen LogP contribution in [0, 0.1) is 0 Å². The van der Waals surface area contributed by atoms with E-state index in [2.05, 4.69) is 9.97 Å². The van der Waals surface area contributed by atoms with E-state index in [0.29, 0.717) is 16.8 Å². The molecule has 0 saturated heterocycles. The van der Waals surface area contributed by atoms with Crippen LogP contribution >= 0.6 is 22.9 Å². The molecule has 4 aromatic rings. The van der Waals surface area contributed by atoms with E-state index < -0.39 is 0 Å². The standard InChI is InChI=1S/C18H11ClN2O2S/c19-15-7-11(22)3-4-12(15)17(23)14-9-21-18-13(14)6-10(8-20-18)16-2-1-5-24-16/h1-9,22H,(H,20,21). The molecular weight excluding hydrogens is 344 g/mol. The smallest absolute Gasteiger partial charge is 0.196 e. The Kier molecular flexibility index (Phi) is 3.59. The second-order valence-electron chi connectivity index (χ2n) is 5.29. The summed E-state index contributed by atoms with van der Waals surface area (Å²) >= 11 is 7.72. The number of aromatic hydroxyl groups is 1. The van der Waals surface area contributed by atoms with E-state index in [1.165, 1.54) is 18.2 Å². The molecule has 0 aliphatic heterocycles. The first-order chi connectivity index (χ1) is 11.6. The highest BCUT2D eigenvalue weighted by Gasteiger charge is 2.18. The number of carbonyl (C=O) groups is 1. The third kappa shape index (κ3) is 2.48. The van der Waals surface area contributed by atoms with Gasteiger partial charge >= 0.3 is 0 Å². The minimum absolute atomic E-state index is 0.0251. The zero-order chi connectivity index (χ0) is 16.7. The van der Waals surface area contributed by atoms with E-state index in [-0.39, 0.29) is 16.6 Å². The number of phenolic OH excluding ortho intramolecular Hbond substituents is 1. The molecule has 1 aromatic carbocycles. The molecule has 2 N–H and O–H groups in total. The molecule has 0 unspecified atom stereocenters. The Labute approximate surface area is 146 Å². The van der Waals surface area contributed by atoms with Gasteiger partial charge in [0.2, 0.25) is 0 Å². The molecule has 0 fully saturated rings. The van der Waals surface area contributed by atoms with Crippen molar-refractivity contribution in [3.05, 3.63) is 70.3 Å². The van der Waals surface area contributed by atoms with Gasteiger partial charge in [-0.1, -0.05) is 17.7 Å². The second-order valence-corrected chi connectivity index (χ2v) is 6.65. The Balaban J connectivity index is 1.84. The highest BCUT2D eigenvalue weighted by molar-refractivity contribution is 7.13. The maximum atomic E-state index is 12.8. The molecule has 4 nitrogen and oxygen atoms in total. The fraction of sp³-hybridized carbons (Fsp3) is 0. The summed E-state index contributed by atoms with van der Waals surface area (Å²) in [6.07, 6.45) is 3.42. The van der Waals surface area contributed by atoms with Crippen LogP contribution in [0.2, 0.25) is 5.02 Å². The molecule has 0 aliphatic carbocycles. The fourth-order valence-electron chi connectivity index (χ4n) is 2.60. The summed E-state index contributed by atoms with van der Waals surface area (Å²) < 4.78 is 0. The van der Waals surface area contributed by atoms with Crippen LogP contribution in [0.25, 0.3) is 21.5 Å². The normalized spacial score (nSPS) is 11.0. The summed E-state index contributed by atoms with van der Waals surface area (Å²) in [4.78, 5) is 21.3. The second kappa shape index (κ2) is 5.78. The van der Waals surface area contributed by atoms with Crippen LogP contribution in [-0.4, -0.2) is 20.9 Å². The molecule has 3 heterocycles. The Morgan fingerprint density at radius 2 is 2.08 bits per heavy atom. The lowest BCUT2D eigenvalue weighted by Crippen LogP contribution is -2.01. The van der Waals surface area contributed by atoms with Crippen molar-refractivity contribution in [3.63, 3.8) is 0 Å². The number of aromatic amines is 1. The maximum absolute atomic E-state index is 12.8. The van der Waals surface area contributed by atoms with Crippen molar-refractivity contribution < 1.29 is 9.90 Å². The first-order valence-electron chi connectivity index (χ1n) is 7.18. The Morgan fingerprint density at radius 1 is 1.21 bits per heavy atom. The van der Waals surface area contributed by atoms with Gasteiger partial charge in [0, 0.05) is 39.3 Å². The number of rotatable bonds is 3. The van der Waals surface area contributed by atoms with Gasteiger partial charge in [-0.2, -0.15) is 0 Å². The minimum atomic E-state index is -0.212. The van der Waals surface area contributed by atoms with E-state index in [1.807, 2.05) is 23.6 Å². The number of thiophene rings is 1. The third-order valence-corrected chi connectivity index (χ3v) is 5.01. The van der Waals surface area contributed by atoms with E-state index in [0.717, 1.165) is 15.8 Å². The van der Waals surface area contributed by atoms with E-state index >= 15 is 0 Å². The van der Waals surface area contributed by atoms with Crippen LogP contribution < -0.4 is 0 Å². The number of nitrogens with zero attached hydrogens (tertiary/aromatic N) is 1. The zero-order valence-electron chi connectivity index (χ0n) is 12.3. The molecule has 24 heavy (non-hydrogen) atoms. The van der Waals surface area contributed by atoms with Gasteiger partial charge in [0.15, 0.2) is 5.78 Å². The summed E-state index contributed by atoms with van der Waals surface area (Å²) in [6.45, 7) is 0. The van der Waals surface area contributed by atoms with Crippen molar-refractivity contribution in [2.24, 2.45) is 0 Å². The van der Waals surface area contributed by atoms with Crippen molar-refractivity contribution in [2.75, 3.05) is 0 Å². The largest absolute Gasteiger partial charge is 0.508 e. The number of hydrogen-bond acceptors (Lipinski definition) is 4. The number of aromatic nitrogens is 2. The van der Waals surface area contributed by atoms with Crippen molar-refractivity contribution >= 4 is 39.8 Å². The quantitative estimate of drug-likeness (QED) is 0.515. The number of benzene rings is 1. The van der Waals surface area contributed by atoms with Gasteiger partial charge in [-0.25, -0.2) is 4.98 Å². The van der Waals surface area contributed by atoms with Gasteiger partial charge in [0.25, 0.3) is 0 Å². The van der Waals surface area contributed by atoms with Crippen LogP contribution in [0.3, 0.4) is 0 Å². The number of phenols is 1. The number of pyridine rings is 1. The number of halogens is 1. The van der Waals surface area contributed by atoms with Crippen LogP contribution in [0.4, 0.5) is 0 Å². The predicted octanol–water partition coefficient (Wildman–Crippen LogP) is 4.88. The summed E-state index contributed by atoms with van der Waals surface area (Å²) in [5.74, 6) is -0.187. The molecule has 0 radical (unpaired) electrons. The lowest BCUT2D eigenvalue weighted by Gasteiger charge is -2.04. The van der Waals surface area contributed by atoms with Gasteiger partial charge in [0.1, 0.15) is 11.4 Å². The van der Waals surface area contributed by atoms with Crippen molar-refractivity contribution in [1.82, 2.24) is 9.97 Å². The number of ketones is 1. The summed E-state index contributed by atoms with van der Waals surface area (Å²) in [7, 11) is 0. The van der Waals surface area contributed by atoms with Crippen molar-refractivity contribution in [1.29, 1.82) is 0 Å². The van der Waals surface area contributed by atoms with Crippen molar-refractivity contribution in [3.8, 4) is 16.2 Å². The van der Waals surface area contributed by atoms with Gasteiger partial charge in [-0.15, -0.1) is 11.3 Å². The molecule has 0 atom stereocenters. The van der Waals surface area contributed by atoms with Crippen LogP contribution in [0.5, 0.6) is 5.75 Å². The third-order valence-electron chi connectivity index (χ3n) is 3.78. The Hall–Kier alpha value is -2.63.